The molecule has 0 aliphatic carbocycles. The van der Waals surface area contributed by atoms with Gasteiger partial charge in [-0.3, -0.25) is 9.89 Å². The number of ether oxygens (including phenoxy) is 2. The topological polar surface area (TPSA) is 61.4 Å². The minimum absolute atomic E-state index is 0.582. The summed E-state index contributed by atoms with van der Waals surface area (Å²) in [6.07, 6.45) is 1.07. The largest absolute Gasteiger partial charge is 0.385 e. The summed E-state index contributed by atoms with van der Waals surface area (Å²) in [5, 5.41) is 6.81. The highest BCUT2D eigenvalue weighted by Crippen LogP contribution is 2.02. The molecule has 0 aromatic rings. The first-order chi connectivity index (χ1) is 11.7. The van der Waals surface area contributed by atoms with Crippen molar-refractivity contribution in [3.8, 4) is 0 Å². The van der Waals surface area contributed by atoms with Gasteiger partial charge in [0.15, 0.2) is 5.96 Å². The number of nitrogens with zero attached hydrogens (tertiary/aromatic N) is 3. The van der Waals surface area contributed by atoms with Crippen molar-refractivity contribution in [3.05, 3.63) is 0 Å². The number of likely N-dealkylation sites (N-methyl/N-ethyl adjacent to an activating group) is 1. The molecule has 0 aromatic heterocycles. The summed E-state index contributed by atoms with van der Waals surface area (Å²) < 4.78 is 10.5. The van der Waals surface area contributed by atoms with E-state index in [0.29, 0.717) is 5.92 Å². The predicted octanol–water partition coefficient (Wildman–Crippen LogP) is 0.0880. The van der Waals surface area contributed by atoms with E-state index >= 15 is 0 Å². The first-order valence-electron chi connectivity index (χ1n) is 9.07. The average Bonchev–Trinajstić information content (AvgIpc) is 2.59. The predicted molar refractivity (Wildman–Crippen MR) is 99.8 cm³/mol. The number of morpholine rings is 1. The molecule has 1 aliphatic heterocycles. The SMILES string of the molecule is CN=C(NCCN(C)CCCOC)NCC(C)CN1CCOCC1. The van der Waals surface area contributed by atoms with Crippen molar-refractivity contribution in [2.45, 2.75) is 13.3 Å². The molecule has 0 radical (unpaired) electrons. The molecule has 1 atom stereocenters. The Labute approximate surface area is 147 Å². The van der Waals surface area contributed by atoms with E-state index in [4.69, 9.17) is 9.47 Å². The molecule has 142 valence electrons. The first-order valence-corrected chi connectivity index (χ1v) is 9.07. The van der Waals surface area contributed by atoms with Gasteiger partial charge in [0.05, 0.1) is 13.2 Å². The smallest absolute Gasteiger partial charge is 0.191 e. The van der Waals surface area contributed by atoms with Crippen molar-refractivity contribution in [3.63, 3.8) is 0 Å². The fourth-order valence-electron chi connectivity index (χ4n) is 2.74. The van der Waals surface area contributed by atoms with Crippen LogP contribution in [0.4, 0.5) is 0 Å². The molecule has 7 heteroatoms. The Morgan fingerprint density at radius 3 is 2.71 bits per heavy atom. The van der Waals surface area contributed by atoms with Crippen LogP contribution in [0, 0.1) is 5.92 Å². The molecule has 0 bridgehead atoms. The molecule has 1 saturated heterocycles. The second-order valence-electron chi connectivity index (χ2n) is 6.55. The van der Waals surface area contributed by atoms with Gasteiger partial charge in [0.2, 0.25) is 0 Å². The zero-order chi connectivity index (χ0) is 17.6. The van der Waals surface area contributed by atoms with Crippen LogP contribution in [0.2, 0.25) is 0 Å². The number of nitrogens with one attached hydrogen (secondary N) is 2. The van der Waals surface area contributed by atoms with Gasteiger partial charge in [0.25, 0.3) is 0 Å². The van der Waals surface area contributed by atoms with Crippen molar-refractivity contribution < 1.29 is 9.47 Å². The molecule has 1 heterocycles. The highest BCUT2D eigenvalue weighted by Gasteiger charge is 2.13. The van der Waals surface area contributed by atoms with Gasteiger partial charge in [-0.25, -0.2) is 0 Å². The number of aliphatic imine (C=N–C) groups is 1. The Balaban J connectivity index is 2.10. The van der Waals surface area contributed by atoms with Crippen LogP contribution in [0.15, 0.2) is 4.99 Å². The van der Waals surface area contributed by atoms with Crippen molar-refractivity contribution in [1.29, 1.82) is 0 Å². The Kier molecular flexibility index (Phi) is 11.8. The molecule has 0 spiro atoms. The van der Waals surface area contributed by atoms with Crippen LogP contribution in [0.3, 0.4) is 0 Å². The summed E-state index contributed by atoms with van der Waals surface area (Å²) in [6, 6.07) is 0. The van der Waals surface area contributed by atoms with E-state index in [1.54, 1.807) is 7.11 Å². The van der Waals surface area contributed by atoms with E-state index < -0.39 is 0 Å². The molecular formula is C17H37N5O2. The van der Waals surface area contributed by atoms with Gasteiger partial charge in [0.1, 0.15) is 0 Å². The van der Waals surface area contributed by atoms with Gasteiger partial charge in [-0.2, -0.15) is 0 Å². The van der Waals surface area contributed by atoms with Gasteiger partial charge in [-0.05, 0) is 19.4 Å². The summed E-state index contributed by atoms with van der Waals surface area (Å²) in [6.45, 7) is 11.9. The lowest BCUT2D eigenvalue weighted by molar-refractivity contribution is 0.0320. The Bertz CT molecular complexity index is 335. The van der Waals surface area contributed by atoms with E-state index in [2.05, 4.69) is 39.4 Å². The molecule has 0 saturated carbocycles. The van der Waals surface area contributed by atoms with Crippen molar-refractivity contribution in [1.82, 2.24) is 20.4 Å². The van der Waals surface area contributed by atoms with E-state index in [0.717, 1.165) is 78.0 Å². The summed E-state index contributed by atoms with van der Waals surface area (Å²) in [4.78, 5) is 9.08. The lowest BCUT2D eigenvalue weighted by atomic mass is 10.1. The van der Waals surface area contributed by atoms with Crippen LogP contribution < -0.4 is 10.6 Å². The minimum Gasteiger partial charge on any atom is -0.385 e. The molecular weight excluding hydrogens is 306 g/mol. The fraction of sp³-hybridized carbons (Fsp3) is 0.941. The molecule has 1 rings (SSSR count). The van der Waals surface area contributed by atoms with Gasteiger partial charge in [0, 0.05) is 66.6 Å². The maximum Gasteiger partial charge on any atom is 0.191 e. The minimum atomic E-state index is 0.582. The molecule has 0 aromatic carbocycles. The second kappa shape index (κ2) is 13.4. The summed E-state index contributed by atoms with van der Waals surface area (Å²) >= 11 is 0. The first kappa shape index (κ1) is 21.2. The number of hydrogen-bond donors (Lipinski definition) is 2. The molecule has 24 heavy (non-hydrogen) atoms. The lowest BCUT2D eigenvalue weighted by Gasteiger charge is -2.29. The van der Waals surface area contributed by atoms with Gasteiger partial charge < -0.3 is 25.0 Å². The molecule has 0 amide bonds. The highest BCUT2D eigenvalue weighted by atomic mass is 16.5. The van der Waals surface area contributed by atoms with Crippen LogP contribution in [0.1, 0.15) is 13.3 Å². The third-order valence-corrected chi connectivity index (χ3v) is 4.19. The van der Waals surface area contributed by atoms with Crippen molar-refractivity contribution in [2.24, 2.45) is 10.9 Å². The van der Waals surface area contributed by atoms with Crippen LogP contribution in [-0.2, 0) is 9.47 Å². The Morgan fingerprint density at radius 1 is 1.29 bits per heavy atom. The molecule has 1 unspecified atom stereocenters. The van der Waals surface area contributed by atoms with Crippen LogP contribution in [-0.4, -0.2) is 103 Å². The van der Waals surface area contributed by atoms with Gasteiger partial charge in [-0.1, -0.05) is 6.92 Å². The Hall–Kier alpha value is -0.890. The second-order valence-corrected chi connectivity index (χ2v) is 6.55. The third-order valence-electron chi connectivity index (χ3n) is 4.19. The summed E-state index contributed by atoms with van der Waals surface area (Å²) in [7, 11) is 5.71. The number of rotatable bonds is 11. The van der Waals surface area contributed by atoms with E-state index in [1.807, 2.05) is 7.05 Å². The van der Waals surface area contributed by atoms with E-state index in [1.165, 1.54) is 0 Å². The molecule has 1 fully saturated rings. The van der Waals surface area contributed by atoms with Crippen LogP contribution >= 0.6 is 0 Å². The Morgan fingerprint density at radius 2 is 2.04 bits per heavy atom. The normalized spacial score (nSPS) is 18.0. The monoisotopic (exact) mass is 343 g/mol. The van der Waals surface area contributed by atoms with Crippen LogP contribution in [0.25, 0.3) is 0 Å². The zero-order valence-corrected chi connectivity index (χ0v) is 16.0. The third kappa shape index (κ3) is 10.1. The molecule has 1 aliphatic rings. The molecule has 2 N–H and O–H groups in total. The zero-order valence-electron chi connectivity index (χ0n) is 16.0. The van der Waals surface area contributed by atoms with Gasteiger partial charge >= 0.3 is 0 Å². The molecule has 7 nitrogen and oxygen atoms in total. The fourth-order valence-corrected chi connectivity index (χ4v) is 2.74. The number of hydrogen-bond acceptors (Lipinski definition) is 5. The lowest BCUT2D eigenvalue weighted by Crippen LogP contribution is -2.45. The van der Waals surface area contributed by atoms with Crippen LogP contribution in [0.5, 0.6) is 0 Å². The average molecular weight is 344 g/mol. The standard InChI is InChI=1S/C17H37N5O2/c1-16(15-22-9-12-24-13-10-22)14-20-17(18-2)19-6-8-21(3)7-5-11-23-4/h16H,5-15H2,1-4H3,(H2,18,19,20). The van der Waals surface area contributed by atoms with E-state index in [9.17, 15) is 0 Å². The maximum atomic E-state index is 5.39. The quantitative estimate of drug-likeness (QED) is 0.315. The number of guanidine groups is 1. The number of methoxy groups -OCH3 is 1. The van der Waals surface area contributed by atoms with Gasteiger partial charge in [-0.15, -0.1) is 0 Å². The van der Waals surface area contributed by atoms with Crippen molar-refractivity contribution in [2.75, 3.05) is 86.8 Å². The van der Waals surface area contributed by atoms with Crippen molar-refractivity contribution >= 4 is 5.96 Å². The summed E-state index contributed by atoms with van der Waals surface area (Å²) in [5.74, 6) is 1.47. The summed E-state index contributed by atoms with van der Waals surface area (Å²) in [5.41, 5.74) is 0. The highest BCUT2D eigenvalue weighted by molar-refractivity contribution is 5.79. The maximum absolute atomic E-state index is 5.39. The van der Waals surface area contributed by atoms with E-state index in [-0.39, 0.29) is 0 Å².